The maximum atomic E-state index is 5.44. The van der Waals surface area contributed by atoms with Crippen molar-refractivity contribution in [3.05, 3.63) is 18.3 Å². The first-order chi connectivity index (χ1) is 5.33. The van der Waals surface area contributed by atoms with Crippen LogP contribution < -0.4 is 16.8 Å². The molecule has 0 spiro atoms. The zero-order valence-electron chi connectivity index (χ0n) is 6.25. The summed E-state index contributed by atoms with van der Waals surface area (Å²) in [6.07, 6.45) is 1.61. The largest absolute Gasteiger partial charge is 0.397 e. The lowest BCUT2D eigenvalue weighted by Crippen LogP contribution is -2.13. The van der Waals surface area contributed by atoms with Crippen molar-refractivity contribution >= 4 is 11.5 Å². The number of nitrogens with one attached hydrogen (secondary N) is 1. The van der Waals surface area contributed by atoms with E-state index >= 15 is 0 Å². The van der Waals surface area contributed by atoms with Gasteiger partial charge in [0, 0.05) is 13.1 Å². The molecule has 1 aromatic heterocycles. The Labute approximate surface area is 65.6 Å². The van der Waals surface area contributed by atoms with Gasteiger partial charge >= 0.3 is 0 Å². The molecule has 0 fully saturated rings. The Morgan fingerprint density at radius 2 is 2.27 bits per heavy atom. The number of anilines is 2. The van der Waals surface area contributed by atoms with Crippen LogP contribution in [0, 0.1) is 0 Å². The van der Waals surface area contributed by atoms with Gasteiger partial charge in [0.05, 0.1) is 11.9 Å². The van der Waals surface area contributed by atoms with E-state index in [1.807, 2.05) is 6.07 Å². The van der Waals surface area contributed by atoms with E-state index < -0.39 is 0 Å². The van der Waals surface area contributed by atoms with Crippen LogP contribution in [0.25, 0.3) is 0 Å². The van der Waals surface area contributed by atoms with Gasteiger partial charge in [-0.05, 0) is 12.1 Å². The van der Waals surface area contributed by atoms with Crippen LogP contribution in [0.2, 0.25) is 0 Å². The molecule has 0 saturated carbocycles. The molecule has 1 aromatic rings. The standard InChI is InChI=1S/C7H12N4/c8-3-4-10-7-2-1-6(9)5-11-7/h1-2,5H,3-4,8-9H2,(H,10,11). The third kappa shape index (κ3) is 2.43. The van der Waals surface area contributed by atoms with Crippen molar-refractivity contribution in [2.24, 2.45) is 5.73 Å². The Morgan fingerprint density at radius 1 is 1.45 bits per heavy atom. The van der Waals surface area contributed by atoms with Gasteiger partial charge in [-0.25, -0.2) is 4.98 Å². The van der Waals surface area contributed by atoms with Crippen LogP contribution in [0.3, 0.4) is 0 Å². The lowest BCUT2D eigenvalue weighted by molar-refractivity contribution is 1.01. The Morgan fingerprint density at radius 3 is 2.82 bits per heavy atom. The average molecular weight is 152 g/mol. The van der Waals surface area contributed by atoms with E-state index in [1.54, 1.807) is 12.3 Å². The van der Waals surface area contributed by atoms with Crippen molar-refractivity contribution in [3.8, 4) is 0 Å². The summed E-state index contributed by atoms with van der Waals surface area (Å²) in [6, 6.07) is 3.62. The molecular weight excluding hydrogens is 140 g/mol. The first kappa shape index (κ1) is 7.81. The van der Waals surface area contributed by atoms with Gasteiger partial charge < -0.3 is 16.8 Å². The maximum absolute atomic E-state index is 5.44. The molecule has 0 aliphatic heterocycles. The van der Waals surface area contributed by atoms with E-state index in [4.69, 9.17) is 11.5 Å². The maximum Gasteiger partial charge on any atom is 0.126 e. The fourth-order valence-corrected chi connectivity index (χ4v) is 0.710. The molecule has 0 unspecified atom stereocenters. The highest BCUT2D eigenvalue weighted by atomic mass is 15.0. The SMILES string of the molecule is NCCNc1ccc(N)cn1. The minimum atomic E-state index is 0.603. The number of aromatic nitrogens is 1. The molecule has 4 nitrogen and oxygen atoms in total. The van der Waals surface area contributed by atoms with Crippen LogP contribution in [0.5, 0.6) is 0 Å². The van der Waals surface area contributed by atoms with Crippen molar-refractivity contribution < 1.29 is 0 Å². The van der Waals surface area contributed by atoms with Crippen molar-refractivity contribution in [2.75, 3.05) is 24.1 Å². The molecule has 5 N–H and O–H groups in total. The summed E-state index contributed by atoms with van der Waals surface area (Å²) in [4.78, 5) is 4.02. The van der Waals surface area contributed by atoms with Crippen molar-refractivity contribution in [1.29, 1.82) is 0 Å². The highest BCUT2D eigenvalue weighted by Gasteiger charge is 1.89. The molecule has 0 aliphatic carbocycles. The summed E-state index contributed by atoms with van der Waals surface area (Å²) in [7, 11) is 0. The summed E-state index contributed by atoms with van der Waals surface area (Å²) < 4.78 is 0. The molecule has 0 aliphatic rings. The van der Waals surface area contributed by atoms with Gasteiger partial charge in [0.2, 0.25) is 0 Å². The third-order valence-electron chi connectivity index (χ3n) is 1.24. The lowest BCUT2D eigenvalue weighted by Gasteiger charge is -2.02. The van der Waals surface area contributed by atoms with Crippen LogP contribution >= 0.6 is 0 Å². The van der Waals surface area contributed by atoms with Gasteiger partial charge in [-0.3, -0.25) is 0 Å². The highest BCUT2D eigenvalue weighted by Crippen LogP contribution is 2.04. The molecule has 1 rings (SSSR count). The summed E-state index contributed by atoms with van der Waals surface area (Å²) in [6.45, 7) is 1.34. The van der Waals surface area contributed by atoms with Crippen molar-refractivity contribution in [2.45, 2.75) is 0 Å². The predicted octanol–water partition coefficient (Wildman–Crippen LogP) is 0.0344. The summed E-state index contributed by atoms with van der Waals surface area (Å²) in [5.41, 5.74) is 11.4. The molecule has 0 radical (unpaired) electrons. The summed E-state index contributed by atoms with van der Waals surface area (Å²) in [5, 5.41) is 3.03. The normalized spacial score (nSPS) is 9.55. The number of rotatable bonds is 3. The summed E-state index contributed by atoms with van der Waals surface area (Å²) in [5.74, 6) is 0.810. The molecule has 0 amide bonds. The van der Waals surface area contributed by atoms with Gasteiger partial charge in [0.1, 0.15) is 5.82 Å². The Kier molecular flexibility index (Phi) is 2.68. The molecule has 11 heavy (non-hydrogen) atoms. The number of hydrogen-bond acceptors (Lipinski definition) is 4. The zero-order valence-corrected chi connectivity index (χ0v) is 6.25. The smallest absolute Gasteiger partial charge is 0.126 e. The van der Waals surface area contributed by atoms with Crippen molar-refractivity contribution in [1.82, 2.24) is 4.98 Å². The fraction of sp³-hybridized carbons (Fsp3) is 0.286. The van der Waals surface area contributed by atoms with E-state index in [1.165, 1.54) is 0 Å². The van der Waals surface area contributed by atoms with Gasteiger partial charge in [0.25, 0.3) is 0 Å². The van der Waals surface area contributed by atoms with Gasteiger partial charge in [0.15, 0.2) is 0 Å². The van der Waals surface area contributed by atoms with E-state index in [0.717, 1.165) is 12.4 Å². The third-order valence-corrected chi connectivity index (χ3v) is 1.24. The Hall–Kier alpha value is -1.29. The number of hydrogen-bond donors (Lipinski definition) is 3. The van der Waals surface area contributed by atoms with E-state index in [2.05, 4.69) is 10.3 Å². The topological polar surface area (TPSA) is 77.0 Å². The number of nitrogens with two attached hydrogens (primary N) is 2. The molecule has 60 valence electrons. The van der Waals surface area contributed by atoms with Crippen molar-refractivity contribution in [3.63, 3.8) is 0 Å². The highest BCUT2D eigenvalue weighted by molar-refractivity contribution is 5.43. The van der Waals surface area contributed by atoms with Crippen LogP contribution in [-0.2, 0) is 0 Å². The second kappa shape index (κ2) is 3.78. The van der Waals surface area contributed by atoms with E-state index in [0.29, 0.717) is 12.2 Å². The second-order valence-electron chi connectivity index (χ2n) is 2.19. The predicted molar refractivity (Wildman–Crippen MR) is 46.2 cm³/mol. The van der Waals surface area contributed by atoms with E-state index in [-0.39, 0.29) is 0 Å². The second-order valence-corrected chi connectivity index (χ2v) is 2.19. The first-order valence-electron chi connectivity index (χ1n) is 3.48. The Balaban J connectivity index is 2.52. The molecular formula is C7H12N4. The van der Waals surface area contributed by atoms with Gasteiger partial charge in [-0.15, -0.1) is 0 Å². The number of nitrogen functional groups attached to an aromatic ring is 1. The molecule has 0 bridgehead atoms. The first-order valence-corrected chi connectivity index (χ1v) is 3.48. The quantitative estimate of drug-likeness (QED) is 0.571. The lowest BCUT2D eigenvalue weighted by atomic mass is 10.4. The molecule has 1 heterocycles. The summed E-state index contributed by atoms with van der Waals surface area (Å²) >= 11 is 0. The molecule has 0 atom stereocenters. The average Bonchev–Trinajstić information content (AvgIpc) is 2.04. The van der Waals surface area contributed by atoms with Crippen LogP contribution in [0.1, 0.15) is 0 Å². The monoisotopic (exact) mass is 152 g/mol. The van der Waals surface area contributed by atoms with Gasteiger partial charge in [-0.1, -0.05) is 0 Å². The van der Waals surface area contributed by atoms with Crippen LogP contribution in [-0.4, -0.2) is 18.1 Å². The fourth-order valence-electron chi connectivity index (χ4n) is 0.710. The number of nitrogens with zero attached hydrogens (tertiary/aromatic N) is 1. The zero-order chi connectivity index (χ0) is 8.10. The molecule has 4 heteroatoms. The molecule has 0 aromatic carbocycles. The number of pyridine rings is 1. The molecule has 0 saturated heterocycles. The minimum Gasteiger partial charge on any atom is -0.397 e. The van der Waals surface area contributed by atoms with Crippen LogP contribution in [0.15, 0.2) is 18.3 Å². The van der Waals surface area contributed by atoms with E-state index in [9.17, 15) is 0 Å². The minimum absolute atomic E-state index is 0.603. The Bertz CT molecular complexity index is 206. The van der Waals surface area contributed by atoms with Crippen LogP contribution in [0.4, 0.5) is 11.5 Å². The van der Waals surface area contributed by atoms with Gasteiger partial charge in [-0.2, -0.15) is 0 Å².